The summed E-state index contributed by atoms with van der Waals surface area (Å²) in [6.45, 7) is 6.82. The Labute approximate surface area is 161 Å². The number of aryl methyl sites for hydroxylation is 1. The van der Waals surface area contributed by atoms with Crippen LogP contribution in [0.2, 0.25) is 0 Å². The fraction of sp³-hybridized carbons (Fsp3) is 0.400. The third-order valence-corrected chi connectivity index (χ3v) is 5.16. The van der Waals surface area contributed by atoms with Gasteiger partial charge in [-0.05, 0) is 62.2 Å². The summed E-state index contributed by atoms with van der Waals surface area (Å²) in [5.74, 6) is 1.41. The largest absolute Gasteiger partial charge is 0.491 e. The highest BCUT2D eigenvalue weighted by Gasteiger charge is 2.15. The lowest BCUT2D eigenvalue weighted by atomic mass is 10.2. The molecule has 0 atom stereocenters. The number of benzene rings is 2. The van der Waals surface area contributed by atoms with Crippen LogP contribution < -0.4 is 14.2 Å². The Balaban J connectivity index is 2.00. The Morgan fingerprint density at radius 2 is 1.74 bits per heavy atom. The third-order valence-electron chi connectivity index (χ3n) is 3.76. The van der Waals surface area contributed by atoms with Gasteiger partial charge in [0.2, 0.25) is 10.0 Å². The maximum atomic E-state index is 12.5. The molecule has 2 rings (SSSR count). The van der Waals surface area contributed by atoms with Crippen molar-refractivity contribution >= 4 is 10.0 Å². The molecule has 0 unspecified atom stereocenters. The SMILES string of the molecule is COCCOc1ccc(S(=O)(=O)NCc2ccc(OC(C)C)cc2)cc1C. The molecule has 0 amide bonds. The standard InChI is InChI=1S/C20H27NO5S/c1-15(2)26-18-7-5-17(6-8-18)14-21-27(22,23)19-9-10-20(16(3)13-19)25-12-11-24-4/h5-10,13,15,21H,11-12,14H2,1-4H3. The zero-order valence-electron chi connectivity index (χ0n) is 16.2. The van der Waals surface area contributed by atoms with Crippen LogP contribution in [0.4, 0.5) is 0 Å². The van der Waals surface area contributed by atoms with Crippen molar-refractivity contribution < 1.29 is 22.6 Å². The van der Waals surface area contributed by atoms with E-state index in [0.29, 0.717) is 19.0 Å². The molecule has 1 N–H and O–H groups in total. The van der Waals surface area contributed by atoms with E-state index in [1.54, 1.807) is 19.2 Å². The third kappa shape index (κ3) is 6.53. The first-order chi connectivity index (χ1) is 12.8. The van der Waals surface area contributed by atoms with E-state index in [4.69, 9.17) is 14.2 Å². The van der Waals surface area contributed by atoms with Crippen LogP contribution in [0.1, 0.15) is 25.0 Å². The predicted octanol–water partition coefficient (Wildman–Crippen LogP) is 3.29. The lowest BCUT2D eigenvalue weighted by molar-refractivity contribution is 0.146. The molecule has 2 aromatic carbocycles. The summed E-state index contributed by atoms with van der Waals surface area (Å²) in [5.41, 5.74) is 1.61. The molecule has 27 heavy (non-hydrogen) atoms. The monoisotopic (exact) mass is 393 g/mol. The van der Waals surface area contributed by atoms with E-state index in [2.05, 4.69) is 4.72 Å². The second-order valence-corrected chi connectivity index (χ2v) is 8.17. The van der Waals surface area contributed by atoms with Crippen LogP contribution >= 0.6 is 0 Å². The van der Waals surface area contributed by atoms with Crippen LogP contribution in [0.15, 0.2) is 47.4 Å². The van der Waals surface area contributed by atoms with Crippen molar-refractivity contribution in [3.63, 3.8) is 0 Å². The zero-order valence-corrected chi connectivity index (χ0v) is 17.0. The number of nitrogens with one attached hydrogen (secondary N) is 1. The average molecular weight is 394 g/mol. The van der Waals surface area contributed by atoms with Crippen molar-refractivity contribution in [3.8, 4) is 11.5 Å². The molecule has 2 aromatic rings. The van der Waals surface area contributed by atoms with Gasteiger partial charge in [0.05, 0.1) is 17.6 Å². The van der Waals surface area contributed by atoms with Gasteiger partial charge in [-0.2, -0.15) is 0 Å². The number of hydrogen-bond acceptors (Lipinski definition) is 5. The molecule has 0 aliphatic carbocycles. The molecule has 0 saturated carbocycles. The lowest BCUT2D eigenvalue weighted by Crippen LogP contribution is -2.23. The Hall–Kier alpha value is -2.09. The number of methoxy groups -OCH3 is 1. The molecular weight excluding hydrogens is 366 g/mol. The second-order valence-electron chi connectivity index (χ2n) is 6.40. The molecule has 0 fully saturated rings. The summed E-state index contributed by atoms with van der Waals surface area (Å²) < 4.78 is 43.8. The fourth-order valence-electron chi connectivity index (χ4n) is 2.41. The predicted molar refractivity (Wildman–Crippen MR) is 105 cm³/mol. The second kappa shape index (κ2) is 9.73. The highest BCUT2D eigenvalue weighted by Crippen LogP contribution is 2.22. The molecular formula is C20H27NO5S. The van der Waals surface area contributed by atoms with Crippen LogP contribution in [0, 0.1) is 6.92 Å². The summed E-state index contributed by atoms with van der Waals surface area (Å²) >= 11 is 0. The topological polar surface area (TPSA) is 73.9 Å². The summed E-state index contributed by atoms with van der Waals surface area (Å²) in [5, 5.41) is 0. The summed E-state index contributed by atoms with van der Waals surface area (Å²) in [6.07, 6.45) is 0.0963. The van der Waals surface area contributed by atoms with Crippen LogP contribution in [0.5, 0.6) is 11.5 Å². The number of rotatable bonds is 10. The first-order valence-corrected chi connectivity index (χ1v) is 10.3. The Morgan fingerprint density at radius 3 is 2.33 bits per heavy atom. The van der Waals surface area contributed by atoms with E-state index in [-0.39, 0.29) is 17.5 Å². The van der Waals surface area contributed by atoms with Gasteiger partial charge in [0.15, 0.2) is 0 Å². The highest BCUT2D eigenvalue weighted by atomic mass is 32.2. The minimum absolute atomic E-state index is 0.0963. The smallest absolute Gasteiger partial charge is 0.240 e. The Bertz CT molecular complexity index is 832. The quantitative estimate of drug-likeness (QED) is 0.627. The summed E-state index contributed by atoms with van der Waals surface area (Å²) in [7, 11) is -2.01. The molecule has 0 aliphatic rings. The average Bonchev–Trinajstić information content (AvgIpc) is 2.62. The van der Waals surface area contributed by atoms with Crippen molar-refractivity contribution in [2.24, 2.45) is 0 Å². The van der Waals surface area contributed by atoms with E-state index in [1.807, 2.05) is 45.0 Å². The summed E-state index contributed by atoms with van der Waals surface area (Å²) in [6, 6.07) is 12.2. The molecule has 0 aliphatic heterocycles. The molecule has 7 heteroatoms. The van der Waals surface area contributed by atoms with E-state index in [1.165, 1.54) is 6.07 Å². The van der Waals surface area contributed by atoms with E-state index in [0.717, 1.165) is 16.9 Å². The minimum atomic E-state index is -3.61. The minimum Gasteiger partial charge on any atom is -0.491 e. The van der Waals surface area contributed by atoms with Gasteiger partial charge in [-0.3, -0.25) is 0 Å². The van der Waals surface area contributed by atoms with Crippen LogP contribution in [-0.2, 0) is 21.3 Å². The molecule has 0 aromatic heterocycles. The van der Waals surface area contributed by atoms with Gasteiger partial charge in [-0.25, -0.2) is 13.1 Å². The van der Waals surface area contributed by atoms with Gasteiger partial charge >= 0.3 is 0 Å². The molecule has 148 valence electrons. The van der Waals surface area contributed by atoms with Gasteiger partial charge in [0.1, 0.15) is 18.1 Å². The van der Waals surface area contributed by atoms with E-state index in [9.17, 15) is 8.42 Å². The molecule has 0 spiro atoms. The number of sulfonamides is 1. The van der Waals surface area contributed by atoms with Crippen LogP contribution in [0.25, 0.3) is 0 Å². The van der Waals surface area contributed by atoms with E-state index < -0.39 is 10.0 Å². The van der Waals surface area contributed by atoms with Gasteiger partial charge in [-0.15, -0.1) is 0 Å². The van der Waals surface area contributed by atoms with Crippen LogP contribution in [-0.4, -0.2) is 34.8 Å². The number of ether oxygens (including phenoxy) is 3. The van der Waals surface area contributed by atoms with Gasteiger partial charge in [0.25, 0.3) is 0 Å². The fourth-order valence-corrected chi connectivity index (χ4v) is 3.51. The number of hydrogen-bond donors (Lipinski definition) is 1. The molecule has 0 saturated heterocycles. The normalized spacial score (nSPS) is 11.6. The van der Waals surface area contributed by atoms with Crippen molar-refractivity contribution in [3.05, 3.63) is 53.6 Å². The molecule has 6 nitrogen and oxygen atoms in total. The van der Waals surface area contributed by atoms with Crippen molar-refractivity contribution in [1.29, 1.82) is 0 Å². The van der Waals surface area contributed by atoms with Gasteiger partial charge < -0.3 is 14.2 Å². The first-order valence-electron chi connectivity index (χ1n) is 8.79. The Morgan fingerprint density at radius 1 is 1.04 bits per heavy atom. The van der Waals surface area contributed by atoms with Crippen molar-refractivity contribution in [2.45, 2.75) is 38.3 Å². The maximum Gasteiger partial charge on any atom is 0.240 e. The van der Waals surface area contributed by atoms with Gasteiger partial charge in [-0.1, -0.05) is 12.1 Å². The van der Waals surface area contributed by atoms with Crippen molar-refractivity contribution in [1.82, 2.24) is 4.72 Å². The first kappa shape index (κ1) is 21.2. The molecule has 0 bridgehead atoms. The zero-order chi connectivity index (χ0) is 19.9. The van der Waals surface area contributed by atoms with Gasteiger partial charge in [0, 0.05) is 13.7 Å². The highest BCUT2D eigenvalue weighted by molar-refractivity contribution is 7.89. The Kier molecular flexibility index (Phi) is 7.65. The van der Waals surface area contributed by atoms with E-state index >= 15 is 0 Å². The molecule has 0 heterocycles. The lowest BCUT2D eigenvalue weighted by Gasteiger charge is -2.12. The van der Waals surface area contributed by atoms with Crippen molar-refractivity contribution in [2.75, 3.05) is 20.3 Å². The maximum absolute atomic E-state index is 12.5. The molecule has 0 radical (unpaired) electrons. The summed E-state index contributed by atoms with van der Waals surface area (Å²) in [4.78, 5) is 0.207. The van der Waals surface area contributed by atoms with Crippen LogP contribution in [0.3, 0.4) is 0 Å².